The quantitative estimate of drug-likeness (QED) is 0.209. The molecule has 0 aliphatic carbocycles. The minimum atomic E-state index is -0.181. The van der Waals surface area contributed by atoms with Crippen LogP contribution in [0.1, 0.15) is 31.1 Å². The van der Waals surface area contributed by atoms with Crippen molar-refractivity contribution in [1.82, 2.24) is 0 Å². The standard InChI is InChI=1S/2CH2O3.CO2.4CH4.3Na.H2O.H/c2*2-1-4-3;2-1-3;;;;;;;;;/h2*1,3H;;4*1H4;;;;1H2;/q;;;;;;;3*+1;;-1/p-2. The van der Waals surface area contributed by atoms with Gasteiger partial charge in [0.1, 0.15) is 0 Å². The zero-order valence-electron chi connectivity index (χ0n) is 9.42. The van der Waals surface area contributed by atoms with E-state index in [4.69, 9.17) is 29.7 Å². The van der Waals surface area contributed by atoms with Crippen LogP contribution in [0, 0.1) is 0 Å². The van der Waals surface area contributed by atoms with E-state index in [2.05, 4.69) is 9.78 Å². The zero-order chi connectivity index (χ0) is 9.54. The summed E-state index contributed by atoms with van der Waals surface area (Å²) in [6.07, 6.45) is 0.250. The van der Waals surface area contributed by atoms with E-state index >= 15 is 0 Å². The number of hydrogen-bond donors (Lipinski definition) is 0. The van der Waals surface area contributed by atoms with Crippen molar-refractivity contribution in [1.29, 1.82) is 0 Å². The fraction of sp³-hybridized carbons (Fsp3) is 0.571. The van der Waals surface area contributed by atoms with Crippen molar-refractivity contribution in [2.24, 2.45) is 0 Å². The van der Waals surface area contributed by atoms with Crippen molar-refractivity contribution in [3.8, 4) is 0 Å². The molecule has 106 valence electrons. The SMILES string of the molecule is C.C.C.C.O.O=C=O.O=CO[O-].O=CO[O-].[H-].[Na+].[Na+].[Na+]. The Hall–Kier alpha value is 1.20. The summed E-state index contributed by atoms with van der Waals surface area (Å²) in [5.41, 5.74) is 0. The van der Waals surface area contributed by atoms with Crippen LogP contribution in [-0.2, 0) is 29.0 Å². The molecule has 2 N–H and O–H groups in total. The first-order valence-corrected chi connectivity index (χ1v) is 1.68. The monoisotopic (exact) mass is 318 g/mol. The Morgan fingerprint density at radius 2 is 0.842 bits per heavy atom. The van der Waals surface area contributed by atoms with Crippen LogP contribution in [0.4, 0.5) is 0 Å². The number of carbonyl (C=O) groups is 2. The summed E-state index contributed by atoms with van der Waals surface area (Å²) in [4.78, 5) is 38.8. The third kappa shape index (κ3) is 555. The first kappa shape index (κ1) is 88.0. The van der Waals surface area contributed by atoms with E-state index in [1.807, 2.05) is 0 Å². The molecule has 0 aliphatic heterocycles. The third-order valence-corrected chi connectivity index (χ3v) is 0.0786. The molecule has 0 spiro atoms. The molecule has 19 heavy (non-hydrogen) atoms. The van der Waals surface area contributed by atoms with Gasteiger partial charge in [-0.25, -0.2) is 0 Å². The molecule has 0 unspecified atom stereocenters. The van der Waals surface area contributed by atoms with Gasteiger partial charge in [0.2, 0.25) is 0 Å². The molecule has 0 atom stereocenters. The molecular weight excluding hydrogens is 297 g/mol. The summed E-state index contributed by atoms with van der Waals surface area (Å²) < 4.78 is 0. The van der Waals surface area contributed by atoms with Crippen molar-refractivity contribution in [2.75, 3.05) is 0 Å². The van der Waals surface area contributed by atoms with Crippen LogP contribution in [0.25, 0.3) is 0 Å². The minimum absolute atomic E-state index is 0. The Morgan fingerprint density at radius 3 is 0.842 bits per heavy atom. The summed E-state index contributed by atoms with van der Waals surface area (Å²) in [6, 6.07) is 0. The Bertz CT molecular complexity index is 118. The second-order valence-corrected chi connectivity index (χ2v) is 0.468. The Balaban J connectivity index is -0.00000000394. The molecule has 0 saturated heterocycles. The van der Waals surface area contributed by atoms with Crippen molar-refractivity contribution >= 4 is 19.1 Å². The smallest absolute Gasteiger partial charge is 1.00 e. The topological polar surface area (TPSA) is 164 Å². The predicted octanol–water partition coefficient (Wildman–Crippen LogP) is -10.9. The molecule has 0 fully saturated rings. The maximum Gasteiger partial charge on any atom is 1.00 e. The second-order valence-electron chi connectivity index (χ2n) is 0.468. The number of hydrogen-bond acceptors (Lipinski definition) is 8. The Kier molecular flexibility index (Phi) is 766. The van der Waals surface area contributed by atoms with Crippen LogP contribution in [0.5, 0.6) is 0 Å². The van der Waals surface area contributed by atoms with Gasteiger partial charge < -0.3 is 27.2 Å². The number of carbonyl (C=O) groups excluding carboxylic acids is 4. The van der Waals surface area contributed by atoms with E-state index in [0.717, 1.165) is 0 Å². The van der Waals surface area contributed by atoms with Gasteiger partial charge in [0.15, 0.2) is 0 Å². The van der Waals surface area contributed by atoms with Crippen LogP contribution in [-0.4, -0.2) is 24.6 Å². The van der Waals surface area contributed by atoms with Gasteiger partial charge in [0.05, 0.1) is 0 Å². The predicted molar refractivity (Wildman–Crippen MR) is 51.0 cm³/mol. The van der Waals surface area contributed by atoms with Gasteiger partial charge in [-0.3, -0.25) is 9.59 Å². The molecule has 0 aliphatic rings. The summed E-state index contributed by atoms with van der Waals surface area (Å²) in [6.45, 7) is -0.361. The zero-order valence-corrected chi connectivity index (χ0v) is 14.4. The maximum atomic E-state index is 8.64. The molecule has 0 heterocycles. The average molecular weight is 318 g/mol. The molecule has 9 nitrogen and oxygen atoms in total. The largest absolute Gasteiger partial charge is 1.00 e. The summed E-state index contributed by atoms with van der Waals surface area (Å²) in [5.74, 6) is 0. The van der Waals surface area contributed by atoms with Crippen LogP contribution in [0.2, 0.25) is 0 Å². The number of rotatable bonds is 2. The van der Waals surface area contributed by atoms with Crippen LogP contribution in [0.3, 0.4) is 0 Å². The first-order valence-electron chi connectivity index (χ1n) is 1.68. The van der Waals surface area contributed by atoms with E-state index in [9.17, 15) is 0 Å². The minimum Gasteiger partial charge on any atom is -1.00 e. The molecule has 0 saturated carbocycles. The van der Waals surface area contributed by atoms with Crippen LogP contribution in [0.15, 0.2) is 0 Å². The van der Waals surface area contributed by atoms with E-state index in [-0.39, 0.29) is 144 Å². The maximum absolute atomic E-state index is 8.64. The normalized spacial score (nSPS) is 2.63. The fourth-order valence-corrected chi connectivity index (χ4v) is 0. The van der Waals surface area contributed by atoms with E-state index in [1.54, 1.807) is 0 Å². The fourth-order valence-electron chi connectivity index (χ4n) is 0. The molecule has 0 amide bonds. The molecule has 0 rings (SSSR count). The third-order valence-electron chi connectivity index (χ3n) is 0.0786. The van der Waals surface area contributed by atoms with E-state index < -0.39 is 0 Å². The van der Waals surface area contributed by atoms with Crippen LogP contribution >= 0.6 is 0 Å². The van der Waals surface area contributed by atoms with Crippen molar-refractivity contribution in [3.63, 3.8) is 0 Å². The van der Waals surface area contributed by atoms with E-state index in [0.29, 0.717) is 0 Å². The molecule has 0 aromatic carbocycles. The molecule has 12 heteroatoms. The van der Waals surface area contributed by atoms with Gasteiger partial charge in [-0.15, -0.1) is 0 Å². The van der Waals surface area contributed by atoms with E-state index in [1.165, 1.54) is 0 Å². The molecule has 0 aromatic heterocycles. The van der Waals surface area contributed by atoms with Gasteiger partial charge >= 0.3 is 94.8 Å². The summed E-state index contributed by atoms with van der Waals surface area (Å²) in [7, 11) is 0. The first-order chi connectivity index (χ1) is 5.24. The van der Waals surface area contributed by atoms with Gasteiger partial charge in [0, 0.05) is 0 Å². The van der Waals surface area contributed by atoms with Gasteiger partial charge in [-0.1, -0.05) is 29.7 Å². The summed E-state index contributed by atoms with van der Waals surface area (Å²) >= 11 is 0. The van der Waals surface area contributed by atoms with Gasteiger partial charge in [-0.05, 0) is 0 Å². The molecular formula is C7H21Na3O9. The van der Waals surface area contributed by atoms with Crippen molar-refractivity contribution < 1.29 is 135 Å². The van der Waals surface area contributed by atoms with Crippen molar-refractivity contribution in [2.45, 2.75) is 29.7 Å². The molecule has 0 aromatic rings. The Labute approximate surface area is 181 Å². The second kappa shape index (κ2) is 165. The average Bonchev–Trinajstić information content (AvgIpc) is 2.06. The Morgan fingerprint density at radius 1 is 0.789 bits per heavy atom. The summed E-state index contributed by atoms with van der Waals surface area (Å²) in [5, 5.41) is 16.9. The van der Waals surface area contributed by atoms with Crippen molar-refractivity contribution in [3.05, 3.63) is 0 Å². The van der Waals surface area contributed by atoms with Crippen LogP contribution < -0.4 is 99.2 Å². The molecule has 0 bridgehead atoms. The molecule has 0 radical (unpaired) electrons. The van der Waals surface area contributed by atoms with Gasteiger partial charge in [0.25, 0.3) is 12.9 Å². The van der Waals surface area contributed by atoms with Gasteiger partial charge in [-0.2, -0.15) is 9.59 Å².